The molecule has 1 amide bonds. The van der Waals surface area contributed by atoms with Gasteiger partial charge in [0.15, 0.2) is 0 Å². The third-order valence-electron chi connectivity index (χ3n) is 3.68. The Morgan fingerprint density at radius 1 is 1.04 bits per heavy atom. The summed E-state index contributed by atoms with van der Waals surface area (Å²) in [7, 11) is 4.03. The molecule has 0 aliphatic carbocycles. The Bertz CT molecular complexity index is 622. The molecule has 0 unspecified atom stereocenters. The minimum atomic E-state index is -0.420. The summed E-state index contributed by atoms with van der Waals surface area (Å²) < 4.78 is 5.41. The molecule has 0 atom stereocenters. The SMILES string of the molecule is CN(C)c1ccc(CN(Cc2ccco2)C(=O)C(C)(C)C)cc1. The molecular formula is C19H26N2O2. The van der Waals surface area contributed by atoms with E-state index in [0.717, 1.165) is 17.0 Å². The van der Waals surface area contributed by atoms with E-state index in [0.29, 0.717) is 13.1 Å². The molecule has 0 N–H and O–H groups in total. The van der Waals surface area contributed by atoms with Gasteiger partial charge in [-0.3, -0.25) is 4.79 Å². The van der Waals surface area contributed by atoms with Crippen molar-refractivity contribution in [3.05, 3.63) is 54.0 Å². The summed E-state index contributed by atoms with van der Waals surface area (Å²) in [5, 5.41) is 0. The summed E-state index contributed by atoms with van der Waals surface area (Å²) in [6.07, 6.45) is 1.64. The molecule has 0 saturated heterocycles. The van der Waals surface area contributed by atoms with Crippen molar-refractivity contribution in [2.75, 3.05) is 19.0 Å². The second-order valence-electron chi connectivity index (χ2n) is 7.05. The largest absolute Gasteiger partial charge is 0.467 e. The lowest BCUT2D eigenvalue weighted by molar-refractivity contribution is -0.141. The lowest BCUT2D eigenvalue weighted by atomic mass is 9.94. The summed E-state index contributed by atoms with van der Waals surface area (Å²) in [6, 6.07) is 12.0. The normalized spacial score (nSPS) is 11.3. The monoisotopic (exact) mass is 314 g/mol. The van der Waals surface area contributed by atoms with E-state index in [1.165, 1.54) is 0 Å². The Morgan fingerprint density at radius 3 is 2.17 bits per heavy atom. The van der Waals surface area contributed by atoms with Crippen LogP contribution in [-0.2, 0) is 17.9 Å². The minimum absolute atomic E-state index is 0.116. The van der Waals surface area contributed by atoms with Gasteiger partial charge in [-0.25, -0.2) is 0 Å². The summed E-state index contributed by atoms with van der Waals surface area (Å²) in [5.74, 6) is 0.915. The Balaban J connectivity index is 2.18. The van der Waals surface area contributed by atoms with Crippen LogP contribution >= 0.6 is 0 Å². The number of hydrogen-bond acceptors (Lipinski definition) is 3. The summed E-state index contributed by atoms with van der Waals surface area (Å²) >= 11 is 0. The number of amides is 1. The molecule has 1 heterocycles. The van der Waals surface area contributed by atoms with Gasteiger partial charge in [0.05, 0.1) is 12.8 Å². The fraction of sp³-hybridized carbons (Fsp3) is 0.421. The summed E-state index contributed by atoms with van der Waals surface area (Å²) in [5.41, 5.74) is 1.84. The molecule has 2 aromatic rings. The predicted octanol–water partition coefficient (Wildman–Crippen LogP) is 3.92. The second-order valence-corrected chi connectivity index (χ2v) is 7.05. The van der Waals surface area contributed by atoms with Gasteiger partial charge in [-0.15, -0.1) is 0 Å². The molecule has 0 aliphatic heterocycles. The molecule has 0 spiro atoms. The molecule has 124 valence electrons. The van der Waals surface area contributed by atoms with Gasteiger partial charge in [-0.05, 0) is 29.8 Å². The topological polar surface area (TPSA) is 36.7 Å². The zero-order valence-corrected chi connectivity index (χ0v) is 14.7. The van der Waals surface area contributed by atoms with Crippen molar-refractivity contribution in [3.63, 3.8) is 0 Å². The van der Waals surface area contributed by atoms with Crippen molar-refractivity contribution >= 4 is 11.6 Å². The van der Waals surface area contributed by atoms with Crippen molar-refractivity contribution in [2.45, 2.75) is 33.9 Å². The van der Waals surface area contributed by atoms with Crippen LogP contribution in [0.25, 0.3) is 0 Å². The van der Waals surface area contributed by atoms with Gasteiger partial charge in [-0.1, -0.05) is 32.9 Å². The van der Waals surface area contributed by atoms with E-state index in [9.17, 15) is 4.79 Å². The first-order chi connectivity index (χ1) is 10.8. The van der Waals surface area contributed by atoms with Crippen molar-refractivity contribution in [3.8, 4) is 0 Å². The predicted molar refractivity (Wildman–Crippen MR) is 93.2 cm³/mol. The Labute approximate surface area is 138 Å². The molecular weight excluding hydrogens is 288 g/mol. The highest BCUT2D eigenvalue weighted by atomic mass is 16.3. The van der Waals surface area contributed by atoms with E-state index in [1.807, 2.05) is 51.9 Å². The van der Waals surface area contributed by atoms with Crippen molar-refractivity contribution in [1.82, 2.24) is 4.90 Å². The maximum Gasteiger partial charge on any atom is 0.228 e. The number of anilines is 1. The number of furan rings is 1. The smallest absolute Gasteiger partial charge is 0.228 e. The van der Waals surface area contributed by atoms with Gasteiger partial charge in [0.2, 0.25) is 5.91 Å². The fourth-order valence-corrected chi connectivity index (χ4v) is 2.38. The molecule has 0 fully saturated rings. The Kier molecular flexibility index (Phi) is 5.14. The third-order valence-corrected chi connectivity index (χ3v) is 3.68. The van der Waals surface area contributed by atoms with E-state index in [4.69, 9.17) is 4.42 Å². The number of carbonyl (C=O) groups excluding carboxylic acids is 1. The highest BCUT2D eigenvalue weighted by Gasteiger charge is 2.27. The zero-order chi connectivity index (χ0) is 17.0. The highest BCUT2D eigenvalue weighted by Crippen LogP contribution is 2.22. The van der Waals surface area contributed by atoms with Crippen LogP contribution in [0.1, 0.15) is 32.1 Å². The quantitative estimate of drug-likeness (QED) is 0.839. The van der Waals surface area contributed by atoms with Crippen LogP contribution in [0.4, 0.5) is 5.69 Å². The van der Waals surface area contributed by atoms with Crippen LogP contribution in [0.3, 0.4) is 0 Å². The first-order valence-corrected chi connectivity index (χ1v) is 7.85. The van der Waals surface area contributed by atoms with Crippen LogP contribution in [-0.4, -0.2) is 24.9 Å². The highest BCUT2D eigenvalue weighted by molar-refractivity contribution is 5.81. The molecule has 4 heteroatoms. The Morgan fingerprint density at radius 2 is 1.70 bits per heavy atom. The van der Waals surface area contributed by atoms with E-state index < -0.39 is 5.41 Å². The second kappa shape index (κ2) is 6.90. The van der Waals surface area contributed by atoms with Crippen molar-refractivity contribution < 1.29 is 9.21 Å². The van der Waals surface area contributed by atoms with Gasteiger partial charge >= 0.3 is 0 Å². The van der Waals surface area contributed by atoms with E-state index in [2.05, 4.69) is 29.2 Å². The zero-order valence-electron chi connectivity index (χ0n) is 14.7. The summed E-state index contributed by atoms with van der Waals surface area (Å²) in [6.45, 7) is 6.89. The molecule has 1 aromatic heterocycles. The molecule has 23 heavy (non-hydrogen) atoms. The van der Waals surface area contributed by atoms with Crippen LogP contribution in [0.15, 0.2) is 47.1 Å². The molecule has 0 saturated carbocycles. The van der Waals surface area contributed by atoms with Crippen LogP contribution in [0.2, 0.25) is 0 Å². The molecule has 1 aromatic carbocycles. The molecule has 0 bridgehead atoms. The van der Waals surface area contributed by atoms with Crippen LogP contribution in [0.5, 0.6) is 0 Å². The molecule has 0 aliphatic rings. The molecule has 4 nitrogen and oxygen atoms in total. The number of carbonyl (C=O) groups is 1. The van der Waals surface area contributed by atoms with E-state index in [-0.39, 0.29) is 5.91 Å². The molecule has 0 radical (unpaired) electrons. The van der Waals surface area contributed by atoms with Crippen molar-refractivity contribution in [2.24, 2.45) is 5.41 Å². The minimum Gasteiger partial charge on any atom is -0.467 e. The van der Waals surface area contributed by atoms with Gasteiger partial charge in [0.1, 0.15) is 5.76 Å². The Hall–Kier alpha value is -2.23. The average Bonchev–Trinajstić information content (AvgIpc) is 2.98. The third kappa shape index (κ3) is 4.62. The van der Waals surface area contributed by atoms with Gasteiger partial charge in [-0.2, -0.15) is 0 Å². The van der Waals surface area contributed by atoms with E-state index in [1.54, 1.807) is 6.26 Å². The van der Waals surface area contributed by atoms with Gasteiger partial charge in [0, 0.05) is 31.7 Å². The fourth-order valence-electron chi connectivity index (χ4n) is 2.38. The van der Waals surface area contributed by atoms with Gasteiger partial charge < -0.3 is 14.2 Å². The maximum atomic E-state index is 12.7. The summed E-state index contributed by atoms with van der Waals surface area (Å²) in [4.78, 5) is 16.7. The average molecular weight is 314 g/mol. The van der Waals surface area contributed by atoms with Crippen molar-refractivity contribution in [1.29, 1.82) is 0 Å². The first kappa shape index (κ1) is 17.1. The molecule has 2 rings (SSSR count). The van der Waals surface area contributed by atoms with Gasteiger partial charge in [0.25, 0.3) is 0 Å². The first-order valence-electron chi connectivity index (χ1n) is 7.85. The van der Waals surface area contributed by atoms with Crippen LogP contribution in [0, 0.1) is 5.41 Å². The lowest BCUT2D eigenvalue weighted by Crippen LogP contribution is -2.38. The maximum absolute atomic E-state index is 12.7. The van der Waals surface area contributed by atoms with Crippen LogP contribution < -0.4 is 4.90 Å². The standard InChI is InChI=1S/C19H26N2O2/c1-19(2,3)18(22)21(14-17-7-6-12-23-17)13-15-8-10-16(11-9-15)20(4)5/h6-12H,13-14H2,1-5H3. The number of benzene rings is 1. The van der Waals surface area contributed by atoms with E-state index >= 15 is 0 Å². The number of rotatable bonds is 5. The number of hydrogen-bond donors (Lipinski definition) is 0. The lowest BCUT2D eigenvalue weighted by Gasteiger charge is -2.29. The number of nitrogens with zero attached hydrogens (tertiary/aromatic N) is 2.